The molecule has 0 saturated carbocycles. The Balaban J connectivity index is 1.36. The monoisotopic (exact) mass is 384 g/mol. The summed E-state index contributed by atoms with van der Waals surface area (Å²) in [5, 5.41) is 10.0. The molecule has 0 aromatic heterocycles. The second kappa shape index (κ2) is 8.10. The number of ether oxygens (including phenoxy) is 1. The Kier molecular flexibility index (Phi) is 5.56. The lowest BCUT2D eigenvalue weighted by Gasteiger charge is -2.40. The van der Waals surface area contributed by atoms with Crippen molar-refractivity contribution >= 4 is 0 Å². The molecule has 2 heterocycles. The predicted octanol–water partition coefficient (Wildman–Crippen LogP) is 4.03. The summed E-state index contributed by atoms with van der Waals surface area (Å²) in [4.78, 5) is 5.03. The summed E-state index contributed by atoms with van der Waals surface area (Å²) in [6.07, 6.45) is 3.71. The second-order valence-corrected chi connectivity index (χ2v) is 8.41. The summed E-state index contributed by atoms with van der Waals surface area (Å²) >= 11 is 0. The van der Waals surface area contributed by atoms with Gasteiger partial charge in [0.05, 0.1) is 7.11 Å². The van der Waals surface area contributed by atoms with Gasteiger partial charge in [0.2, 0.25) is 0 Å². The predicted molar refractivity (Wildman–Crippen MR) is 108 cm³/mol. The van der Waals surface area contributed by atoms with Gasteiger partial charge in [0, 0.05) is 26.2 Å². The van der Waals surface area contributed by atoms with E-state index in [-0.39, 0.29) is 11.6 Å². The third-order valence-electron chi connectivity index (χ3n) is 6.23. The minimum Gasteiger partial charge on any atom is -0.504 e. The zero-order valence-electron chi connectivity index (χ0n) is 16.5. The number of hydrogen-bond acceptors (Lipinski definition) is 4. The van der Waals surface area contributed by atoms with Crippen molar-refractivity contribution in [2.75, 3.05) is 33.3 Å². The van der Waals surface area contributed by atoms with E-state index in [0.29, 0.717) is 11.2 Å². The first-order valence-electron chi connectivity index (χ1n) is 10.1. The van der Waals surface area contributed by atoms with Gasteiger partial charge in [0.1, 0.15) is 5.82 Å². The minimum atomic E-state index is -0.171. The maximum atomic E-state index is 13.2. The highest BCUT2D eigenvalue weighted by Crippen LogP contribution is 2.40. The van der Waals surface area contributed by atoms with Crippen molar-refractivity contribution in [3.63, 3.8) is 0 Å². The molecule has 1 unspecified atom stereocenters. The number of phenols is 1. The SMILES string of the molecule is COc1ccc(CN2CCC3(CCCN(Cc4ccc(F)cc4)C3)C2)cc1O. The first-order valence-corrected chi connectivity index (χ1v) is 10.1. The summed E-state index contributed by atoms with van der Waals surface area (Å²) in [6, 6.07) is 12.6. The molecule has 2 aromatic rings. The molecule has 1 spiro atoms. The highest BCUT2D eigenvalue weighted by molar-refractivity contribution is 5.41. The van der Waals surface area contributed by atoms with E-state index < -0.39 is 0 Å². The van der Waals surface area contributed by atoms with E-state index in [9.17, 15) is 9.50 Å². The Bertz CT molecular complexity index is 811. The van der Waals surface area contributed by atoms with Crippen LogP contribution in [0.4, 0.5) is 4.39 Å². The molecule has 4 nitrogen and oxygen atoms in total. The van der Waals surface area contributed by atoms with Gasteiger partial charge in [-0.2, -0.15) is 0 Å². The Morgan fingerprint density at radius 1 is 0.964 bits per heavy atom. The van der Waals surface area contributed by atoms with Gasteiger partial charge >= 0.3 is 0 Å². The normalized spacial score (nSPS) is 23.4. The molecule has 2 aromatic carbocycles. The average Bonchev–Trinajstić information content (AvgIpc) is 3.05. The van der Waals surface area contributed by atoms with Crippen LogP contribution in [0.3, 0.4) is 0 Å². The van der Waals surface area contributed by atoms with Crippen LogP contribution in [0, 0.1) is 11.2 Å². The first-order chi connectivity index (χ1) is 13.5. The van der Waals surface area contributed by atoms with Gasteiger partial charge < -0.3 is 9.84 Å². The van der Waals surface area contributed by atoms with Crippen molar-refractivity contribution in [1.29, 1.82) is 0 Å². The molecule has 2 aliphatic rings. The minimum absolute atomic E-state index is 0.171. The van der Waals surface area contributed by atoms with Crippen LogP contribution in [0.25, 0.3) is 0 Å². The lowest BCUT2D eigenvalue weighted by Crippen LogP contribution is -2.44. The second-order valence-electron chi connectivity index (χ2n) is 8.41. The molecule has 1 N–H and O–H groups in total. The Morgan fingerprint density at radius 3 is 2.36 bits per heavy atom. The van der Waals surface area contributed by atoms with Crippen LogP contribution < -0.4 is 4.74 Å². The van der Waals surface area contributed by atoms with Crippen molar-refractivity contribution in [3.8, 4) is 11.5 Å². The van der Waals surface area contributed by atoms with Crippen molar-refractivity contribution in [1.82, 2.24) is 9.80 Å². The van der Waals surface area contributed by atoms with E-state index in [4.69, 9.17) is 4.74 Å². The van der Waals surface area contributed by atoms with Crippen LogP contribution in [0.15, 0.2) is 42.5 Å². The van der Waals surface area contributed by atoms with Crippen LogP contribution in [0.1, 0.15) is 30.4 Å². The number of piperidine rings is 1. The molecule has 0 radical (unpaired) electrons. The lowest BCUT2D eigenvalue weighted by atomic mass is 9.79. The molecule has 5 heteroatoms. The number of benzene rings is 2. The van der Waals surface area contributed by atoms with Gasteiger partial charge in [-0.1, -0.05) is 18.2 Å². The van der Waals surface area contributed by atoms with E-state index in [1.807, 2.05) is 30.3 Å². The van der Waals surface area contributed by atoms with Crippen molar-refractivity contribution in [2.24, 2.45) is 5.41 Å². The largest absolute Gasteiger partial charge is 0.504 e. The molecule has 2 saturated heterocycles. The molecule has 0 bridgehead atoms. The van der Waals surface area contributed by atoms with Gasteiger partial charge in [-0.15, -0.1) is 0 Å². The van der Waals surface area contributed by atoms with Gasteiger partial charge in [-0.05, 0) is 73.2 Å². The maximum Gasteiger partial charge on any atom is 0.160 e. The molecule has 2 fully saturated rings. The van der Waals surface area contributed by atoms with E-state index in [1.165, 1.54) is 24.8 Å². The van der Waals surface area contributed by atoms with Gasteiger partial charge in [-0.3, -0.25) is 9.80 Å². The molecule has 28 heavy (non-hydrogen) atoms. The number of aromatic hydroxyl groups is 1. The third-order valence-corrected chi connectivity index (χ3v) is 6.23. The van der Waals surface area contributed by atoms with E-state index >= 15 is 0 Å². The highest BCUT2D eigenvalue weighted by atomic mass is 19.1. The van der Waals surface area contributed by atoms with Crippen molar-refractivity contribution in [2.45, 2.75) is 32.4 Å². The Hall–Kier alpha value is -2.11. The van der Waals surface area contributed by atoms with Crippen molar-refractivity contribution < 1.29 is 14.2 Å². The van der Waals surface area contributed by atoms with Crippen LogP contribution >= 0.6 is 0 Å². The van der Waals surface area contributed by atoms with Gasteiger partial charge in [0.15, 0.2) is 11.5 Å². The first kappa shape index (κ1) is 19.2. The van der Waals surface area contributed by atoms with Gasteiger partial charge in [0.25, 0.3) is 0 Å². The molecular formula is C23H29FN2O2. The van der Waals surface area contributed by atoms with Crippen LogP contribution in [-0.2, 0) is 13.1 Å². The lowest BCUT2D eigenvalue weighted by molar-refractivity contribution is 0.0866. The van der Waals surface area contributed by atoms with Crippen LogP contribution in [0.2, 0.25) is 0 Å². The van der Waals surface area contributed by atoms with Crippen LogP contribution in [-0.4, -0.2) is 48.2 Å². The Labute approximate surface area is 166 Å². The standard InChI is InChI=1S/C23H29FN2O2/c1-28-22-8-5-19(13-21(22)27)15-26-12-10-23(17-26)9-2-11-25(16-23)14-18-3-6-20(24)7-4-18/h3-8,13,27H,2,9-12,14-17H2,1H3. The quantitative estimate of drug-likeness (QED) is 0.844. The number of nitrogens with zero attached hydrogens (tertiary/aromatic N) is 2. The number of rotatable bonds is 5. The smallest absolute Gasteiger partial charge is 0.160 e. The average molecular weight is 384 g/mol. The summed E-state index contributed by atoms with van der Waals surface area (Å²) in [6.45, 7) is 6.17. The molecule has 0 aliphatic carbocycles. The fraction of sp³-hybridized carbons (Fsp3) is 0.478. The number of halogens is 1. The van der Waals surface area contributed by atoms with Gasteiger partial charge in [-0.25, -0.2) is 4.39 Å². The number of phenolic OH excluding ortho intramolecular Hbond substituents is 1. The number of hydrogen-bond donors (Lipinski definition) is 1. The number of methoxy groups -OCH3 is 1. The number of likely N-dealkylation sites (tertiary alicyclic amines) is 2. The highest BCUT2D eigenvalue weighted by Gasteiger charge is 2.41. The van der Waals surface area contributed by atoms with E-state index in [0.717, 1.165) is 44.8 Å². The molecular weight excluding hydrogens is 355 g/mol. The summed E-state index contributed by atoms with van der Waals surface area (Å²) < 4.78 is 18.3. The summed E-state index contributed by atoms with van der Waals surface area (Å²) in [5.41, 5.74) is 2.66. The molecule has 150 valence electrons. The summed E-state index contributed by atoms with van der Waals surface area (Å²) in [5.74, 6) is 0.553. The van der Waals surface area contributed by atoms with E-state index in [1.54, 1.807) is 19.2 Å². The summed E-state index contributed by atoms with van der Waals surface area (Å²) in [7, 11) is 1.57. The zero-order valence-corrected chi connectivity index (χ0v) is 16.5. The maximum absolute atomic E-state index is 13.2. The van der Waals surface area contributed by atoms with E-state index in [2.05, 4.69) is 9.80 Å². The molecule has 2 aliphatic heterocycles. The topological polar surface area (TPSA) is 35.9 Å². The fourth-order valence-electron chi connectivity index (χ4n) is 4.88. The molecule has 4 rings (SSSR count). The molecule has 1 atom stereocenters. The Morgan fingerprint density at radius 2 is 1.64 bits per heavy atom. The fourth-order valence-corrected chi connectivity index (χ4v) is 4.88. The third kappa shape index (κ3) is 4.31. The molecule has 0 amide bonds. The van der Waals surface area contributed by atoms with Crippen molar-refractivity contribution in [3.05, 3.63) is 59.4 Å². The van der Waals surface area contributed by atoms with Crippen LogP contribution in [0.5, 0.6) is 11.5 Å². The zero-order chi connectivity index (χ0) is 19.6.